The molecule has 2 N–H and O–H groups in total. The van der Waals surface area contributed by atoms with Gasteiger partial charge in [-0.3, -0.25) is 4.79 Å². The summed E-state index contributed by atoms with van der Waals surface area (Å²) in [4.78, 5) is 23.4. The molecule has 3 rings (SSSR count). The average Bonchev–Trinajstić information content (AvgIpc) is 2.74. The quantitative estimate of drug-likeness (QED) is 0.397. The van der Waals surface area contributed by atoms with E-state index >= 15 is 0 Å². The van der Waals surface area contributed by atoms with Crippen molar-refractivity contribution in [1.29, 1.82) is 5.26 Å². The van der Waals surface area contributed by atoms with Gasteiger partial charge in [-0.2, -0.15) is 5.26 Å². The summed E-state index contributed by atoms with van der Waals surface area (Å²) in [5.74, 6) is -0.886. The molecule has 0 atom stereocenters. The molecule has 0 fully saturated rings. The lowest BCUT2D eigenvalue weighted by Crippen LogP contribution is -2.14. The summed E-state index contributed by atoms with van der Waals surface area (Å²) >= 11 is 13.0. The number of aromatic carboxylic acids is 1. The van der Waals surface area contributed by atoms with Crippen LogP contribution in [0, 0.1) is 17.2 Å². The van der Waals surface area contributed by atoms with Crippen molar-refractivity contribution in [2.75, 3.05) is 5.32 Å². The Morgan fingerprint density at radius 1 is 1.03 bits per heavy atom. The lowest BCUT2D eigenvalue weighted by atomic mass is 9.94. The number of benzene rings is 3. The molecule has 7 heteroatoms. The molecule has 0 bridgehead atoms. The van der Waals surface area contributed by atoms with Crippen LogP contribution in [0.2, 0.25) is 10.0 Å². The fourth-order valence-corrected chi connectivity index (χ4v) is 4.24. The van der Waals surface area contributed by atoms with Crippen LogP contribution in [0.25, 0.3) is 11.1 Å². The second-order valence-corrected chi connectivity index (χ2v) is 8.94. The van der Waals surface area contributed by atoms with Gasteiger partial charge in [0.1, 0.15) is 0 Å². The first kappa shape index (κ1) is 24.3. The van der Waals surface area contributed by atoms with Crippen LogP contribution in [0.3, 0.4) is 0 Å². The molecule has 0 aliphatic heterocycles. The van der Waals surface area contributed by atoms with Gasteiger partial charge < -0.3 is 10.4 Å². The van der Waals surface area contributed by atoms with E-state index in [1.54, 1.807) is 30.3 Å². The molecule has 0 saturated heterocycles. The third kappa shape index (κ3) is 6.13. The molecule has 168 valence electrons. The van der Waals surface area contributed by atoms with Gasteiger partial charge in [0, 0.05) is 11.3 Å². The molecular weight excluding hydrogens is 459 g/mol. The Morgan fingerprint density at radius 3 is 2.21 bits per heavy atom. The molecular formula is C26H22Cl2N2O3. The minimum atomic E-state index is -1.02. The maximum absolute atomic E-state index is 12.4. The highest BCUT2D eigenvalue weighted by atomic mass is 35.5. The van der Waals surface area contributed by atoms with E-state index in [0.29, 0.717) is 38.3 Å². The number of nitrogens with zero attached hydrogens (tertiary/aromatic N) is 1. The highest BCUT2D eigenvalue weighted by molar-refractivity contribution is 6.39. The van der Waals surface area contributed by atoms with Crippen molar-refractivity contribution in [2.45, 2.75) is 26.7 Å². The number of carboxylic acids is 1. The van der Waals surface area contributed by atoms with Gasteiger partial charge in [-0.1, -0.05) is 61.3 Å². The predicted octanol–water partition coefficient (Wildman–Crippen LogP) is 6.61. The molecule has 0 unspecified atom stereocenters. The third-order valence-electron chi connectivity index (χ3n) is 5.04. The van der Waals surface area contributed by atoms with E-state index in [2.05, 4.69) is 25.2 Å². The second-order valence-electron chi connectivity index (χ2n) is 8.12. The summed E-state index contributed by atoms with van der Waals surface area (Å²) in [6.45, 7) is 4.20. The zero-order valence-electron chi connectivity index (χ0n) is 18.2. The smallest absolute Gasteiger partial charge is 0.335 e. The molecule has 1 amide bonds. The minimum Gasteiger partial charge on any atom is -0.478 e. The second kappa shape index (κ2) is 10.5. The van der Waals surface area contributed by atoms with E-state index in [9.17, 15) is 14.9 Å². The Balaban J connectivity index is 1.79. The van der Waals surface area contributed by atoms with Gasteiger partial charge in [-0.05, 0) is 59.4 Å². The Kier molecular flexibility index (Phi) is 7.75. The number of hydrogen-bond donors (Lipinski definition) is 2. The van der Waals surface area contributed by atoms with Crippen LogP contribution in [0.4, 0.5) is 5.69 Å². The number of carbonyl (C=O) groups excluding carboxylic acids is 1. The molecule has 33 heavy (non-hydrogen) atoms. The van der Waals surface area contributed by atoms with Crippen LogP contribution in [-0.2, 0) is 17.6 Å². The van der Waals surface area contributed by atoms with Gasteiger partial charge in [-0.15, -0.1) is 0 Å². The number of amides is 1. The number of anilines is 1. The molecule has 3 aromatic carbocycles. The minimum absolute atomic E-state index is 0.0692. The maximum Gasteiger partial charge on any atom is 0.335 e. The van der Waals surface area contributed by atoms with E-state index in [1.807, 2.05) is 12.1 Å². The van der Waals surface area contributed by atoms with Crippen molar-refractivity contribution in [3.8, 4) is 17.2 Å². The number of nitriles is 1. The van der Waals surface area contributed by atoms with Crippen molar-refractivity contribution in [2.24, 2.45) is 5.92 Å². The molecule has 0 aliphatic rings. The third-order valence-corrected chi connectivity index (χ3v) is 5.63. The van der Waals surface area contributed by atoms with Crippen LogP contribution >= 0.6 is 23.2 Å². The molecule has 0 aromatic heterocycles. The molecule has 0 radical (unpaired) electrons. The summed E-state index contributed by atoms with van der Waals surface area (Å²) in [5.41, 5.74) is 4.15. The topological polar surface area (TPSA) is 90.2 Å². The van der Waals surface area contributed by atoms with E-state index in [4.69, 9.17) is 28.3 Å². The van der Waals surface area contributed by atoms with Gasteiger partial charge in [0.2, 0.25) is 5.91 Å². The summed E-state index contributed by atoms with van der Waals surface area (Å²) in [5, 5.41) is 22.0. The first-order valence-electron chi connectivity index (χ1n) is 10.3. The fraction of sp³-hybridized carbons (Fsp3) is 0.192. The van der Waals surface area contributed by atoms with E-state index in [1.165, 1.54) is 12.1 Å². The Morgan fingerprint density at radius 2 is 1.67 bits per heavy atom. The van der Waals surface area contributed by atoms with Crippen molar-refractivity contribution in [3.63, 3.8) is 0 Å². The molecule has 3 aromatic rings. The summed E-state index contributed by atoms with van der Waals surface area (Å²) in [6, 6.07) is 17.2. The van der Waals surface area contributed by atoms with Crippen LogP contribution < -0.4 is 5.32 Å². The largest absolute Gasteiger partial charge is 0.478 e. The normalized spacial score (nSPS) is 10.7. The molecule has 0 saturated carbocycles. The lowest BCUT2D eigenvalue weighted by molar-refractivity contribution is -0.115. The predicted molar refractivity (Wildman–Crippen MR) is 131 cm³/mol. The number of carboxylic acid groups (broad SMARTS) is 1. The van der Waals surface area contributed by atoms with Crippen molar-refractivity contribution in [3.05, 3.63) is 86.9 Å². The fourth-order valence-electron chi connectivity index (χ4n) is 3.53. The number of hydrogen-bond acceptors (Lipinski definition) is 3. The monoisotopic (exact) mass is 480 g/mol. The van der Waals surface area contributed by atoms with E-state index in [0.717, 1.165) is 17.5 Å². The molecule has 5 nitrogen and oxygen atoms in total. The van der Waals surface area contributed by atoms with Crippen LogP contribution in [0.1, 0.15) is 40.9 Å². The van der Waals surface area contributed by atoms with Crippen molar-refractivity contribution >= 4 is 40.8 Å². The van der Waals surface area contributed by atoms with Gasteiger partial charge in [0.15, 0.2) is 0 Å². The Labute approximate surface area is 202 Å². The number of halogens is 2. The number of carbonyl (C=O) groups is 2. The van der Waals surface area contributed by atoms with Crippen molar-refractivity contribution < 1.29 is 14.7 Å². The van der Waals surface area contributed by atoms with Gasteiger partial charge in [0.25, 0.3) is 0 Å². The van der Waals surface area contributed by atoms with Crippen molar-refractivity contribution in [1.82, 2.24) is 0 Å². The van der Waals surface area contributed by atoms with Gasteiger partial charge in [-0.25, -0.2) is 4.79 Å². The van der Waals surface area contributed by atoms with Crippen LogP contribution in [0.15, 0.2) is 54.6 Å². The Bertz CT molecular complexity index is 1220. The maximum atomic E-state index is 12.4. The first-order valence-corrected chi connectivity index (χ1v) is 11.1. The average molecular weight is 481 g/mol. The zero-order valence-corrected chi connectivity index (χ0v) is 19.7. The summed E-state index contributed by atoms with van der Waals surface area (Å²) in [6.07, 6.45) is 0.869. The van der Waals surface area contributed by atoms with Crippen LogP contribution in [-0.4, -0.2) is 17.0 Å². The highest BCUT2D eigenvalue weighted by Gasteiger charge is 2.15. The molecule has 0 heterocycles. The molecule has 0 spiro atoms. The standard InChI is InChI=1S/C26H22Cl2N2O3/c1-15(2)9-18-7-8-19(11-20(18)14-29)25-22(27)12-21(13-23(25)28)30-24(31)10-16-3-5-17(6-4-16)26(32)33/h3-8,11-13,15H,9-10H2,1-2H3,(H,30,31)(H,32,33). The Hall–Kier alpha value is -3.33. The lowest BCUT2D eigenvalue weighted by Gasteiger charge is -2.14. The summed E-state index contributed by atoms with van der Waals surface area (Å²) in [7, 11) is 0. The van der Waals surface area contributed by atoms with E-state index < -0.39 is 5.97 Å². The SMILES string of the molecule is CC(C)Cc1ccc(-c2c(Cl)cc(NC(=O)Cc3ccc(C(=O)O)cc3)cc2Cl)cc1C#N. The molecule has 0 aliphatic carbocycles. The highest BCUT2D eigenvalue weighted by Crippen LogP contribution is 2.38. The number of rotatable bonds is 7. The van der Waals surface area contributed by atoms with E-state index in [-0.39, 0.29) is 17.9 Å². The zero-order chi connectivity index (χ0) is 24.1. The summed E-state index contributed by atoms with van der Waals surface area (Å²) < 4.78 is 0. The van der Waals surface area contributed by atoms with Gasteiger partial charge in [0.05, 0.1) is 33.7 Å². The first-order chi connectivity index (χ1) is 15.7. The number of nitrogens with one attached hydrogen (secondary N) is 1. The van der Waals surface area contributed by atoms with Gasteiger partial charge >= 0.3 is 5.97 Å². The van der Waals surface area contributed by atoms with Crippen LogP contribution in [0.5, 0.6) is 0 Å².